The van der Waals surface area contributed by atoms with E-state index in [1.54, 1.807) is 36.4 Å². The maximum absolute atomic E-state index is 14.2. The molecule has 0 radical (unpaired) electrons. The van der Waals surface area contributed by atoms with Gasteiger partial charge < -0.3 is 10.2 Å². The molecular weight excluding hydrogens is 534 g/mol. The first-order valence-electron chi connectivity index (χ1n) is 14.2. The molecule has 41 heavy (non-hydrogen) atoms. The van der Waals surface area contributed by atoms with Gasteiger partial charge in [0.15, 0.2) is 0 Å². The predicted molar refractivity (Wildman–Crippen MR) is 165 cm³/mol. The van der Waals surface area contributed by atoms with Crippen LogP contribution in [0, 0.1) is 27.7 Å². The Morgan fingerprint density at radius 1 is 0.829 bits per heavy atom. The molecule has 220 valence electrons. The van der Waals surface area contributed by atoms with Gasteiger partial charge in [-0.3, -0.25) is 13.9 Å². The Morgan fingerprint density at radius 3 is 1.98 bits per heavy atom. The van der Waals surface area contributed by atoms with E-state index in [-0.39, 0.29) is 23.4 Å². The highest BCUT2D eigenvalue weighted by Gasteiger charge is 2.34. The van der Waals surface area contributed by atoms with Crippen LogP contribution in [0.3, 0.4) is 0 Å². The number of sulfonamides is 1. The maximum atomic E-state index is 14.2. The van der Waals surface area contributed by atoms with Crippen LogP contribution in [-0.4, -0.2) is 43.8 Å². The molecule has 7 nitrogen and oxygen atoms in total. The third kappa shape index (κ3) is 7.76. The van der Waals surface area contributed by atoms with Gasteiger partial charge in [0.25, 0.3) is 10.0 Å². The number of rotatable bonds is 12. The minimum atomic E-state index is -4.11. The topological polar surface area (TPSA) is 86.8 Å². The third-order valence-corrected chi connectivity index (χ3v) is 9.37. The van der Waals surface area contributed by atoms with E-state index in [4.69, 9.17) is 0 Å². The van der Waals surface area contributed by atoms with Gasteiger partial charge in [0.2, 0.25) is 11.8 Å². The molecule has 0 unspecified atom stereocenters. The summed E-state index contributed by atoms with van der Waals surface area (Å²) in [6.07, 6.45) is 1.14. The summed E-state index contributed by atoms with van der Waals surface area (Å²) in [7, 11) is -4.11. The molecule has 0 bridgehead atoms. The van der Waals surface area contributed by atoms with Crippen LogP contribution in [0.1, 0.15) is 61.4 Å². The standard InChI is InChI=1S/C33H43N3O4S/c1-8-26(6)34-33(38)30(9-2)35(21-28-17-13-23(3)14-18-28)32(37)22-36(31-12-10-11-25(5)27(31)7)41(39,40)29-19-15-24(4)16-20-29/h10-20,26,30H,8-9,21-22H2,1-7H3,(H,34,38)/t26-,30+/m1/s1. The quantitative estimate of drug-likeness (QED) is 0.293. The van der Waals surface area contributed by atoms with Crippen LogP contribution in [0.25, 0.3) is 0 Å². The molecule has 0 saturated heterocycles. The SMILES string of the molecule is CC[C@@H](C)NC(=O)[C@H](CC)N(Cc1ccc(C)cc1)C(=O)CN(c1cccc(C)c1C)S(=O)(=O)c1ccc(C)cc1. The van der Waals surface area contributed by atoms with Gasteiger partial charge in [-0.15, -0.1) is 0 Å². The smallest absolute Gasteiger partial charge is 0.264 e. The maximum Gasteiger partial charge on any atom is 0.264 e. The molecule has 8 heteroatoms. The zero-order valence-electron chi connectivity index (χ0n) is 25.3. The molecule has 0 spiro atoms. The normalized spacial score (nSPS) is 12.9. The van der Waals surface area contributed by atoms with Crippen LogP contribution >= 0.6 is 0 Å². The fraction of sp³-hybridized carbons (Fsp3) is 0.394. The summed E-state index contributed by atoms with van der Waals surface area (Å²) in [5, 5.41) is 3.01. The number of benzene rings is 3. The Morgan fingerprint density at radius 2 is 1.41 bits per heavy atom. The van der Waals surface area contributed by atoms with Gasteiger partial charge >= 0.3 is 0 Å². The molecular formula is C33H43N3O4S. The summed E-state index contributed by atoms with van der Waals surface area (Å²) in [5.41, 5.74) is 4.99. The van der Waals surface area contributed by atoms with Crippen molar-refractivity contribution in [3.05, 3.63) is 94.5 Å². The lowest BCUT2D eigenvalue weighted by atomic mass is 10.1. The zero-order chi connectivity index (χ0) is 30.3. The summed E-state index contributed by atoms with van der Waals surface area (Å²) in [6.45, 7) is 13.1. The molecule has 0 aromatic heterocycles. The van der Waals surface area contributed by atoms with Crippen molar-refractivity contribution in [2.45, 2.75) is 84.8 Å². The van der Waals surface area contributed by atoms with Gasteiger partial charge in [-0.2, -0.15) is 0 Å². The van der Waals surface area contributed by atoms with E-state index < -0.39 is 28.5 Å². The van der Waals surface area contributed by atoms with Crippen molar-refractivity contribution in [3.63, 3.8) is 0 Å². The second-order valence-electron chi connectivity index (χ2n) is 10.8. The molecule has 0 aliphatic carbocycles. The van der Waals surface area contributed by atoms with Crippen LogP contribution in [0.5, 0.6) is 0 Å². The lowest BCUT2D eigenvalue weighted by Gasteiger charge is -2.34. The predicted octanol–water partition coefficient (Wildman–Crippen LogP) is 5.84. The minimum absolute atomic E-state index is 0.0544. The third-order valence-electron chi connectivity index (χ3n) is 7.59. The summed E-state index contributed by atoms with van der Waals surface area (Å²) in [6, 6.07) is 19.0. The molecule has 3 aromatic carbocycles. The van der Waals surface area contributed by atoms with E-state index in [0.717, 1.165) is 34.2 Å². The molecule has 0 heterocycles. The molecule has 0 aliphatic rings. The number of anilines is 1. The van der Waals surface area contributed by atoms with Crippen molar-refractivity contribution in [1.82, 2.24) is 10.2 Å². The number of nitrogens with zero attached hydrogens (tertiary/aromatic N) is 2. The summed E-state index contributed by atoms with van der Waals surface area (Å²) in [4.78, 5) is 29.2. The van der Waals surface area contributed by atoms with E-state index >= 15 is 0 Å². The van der Waals surface area contributed by atoms with E-state index in [2.05, 4.69) is 5.32 Å². The first-order chi connectivity index (χ1) is 19.4. The molecule has 0 aliphatic heterocycles. The van der Waals surface area contributed by atoms with E-state index in [1.165, 1.54) is 9.21 Å². The lowest BCUT2D eigenvalue weighted by molar-refractivity contribution is -0.140. The number of nitrogens with one attached hydrogen (secondary N) is 1. The monoisotopic (exact) mass is 577 g/mol. The van der Waals surface area contributed by atoms with E-state index in [0.29, 0.717) is 12.1 Å². The largest absolute Gasteiger partial charge is 0.352 e. The molecule has 0 saturated carbocycles. The summed E-state index contributed by atoms with van der Waals surface area (Å²) < 4.78 is 29.4. The zero-order valence-corrected chi connectivity index (χ0v) is 26.1. The molecule has 2 atom stereocenters. The van der Waals surface area contributed by atoms with Crippen LogP contribution in [-0.2, 0) is 26.2 Å². The number of hydrogen-bond donors (Lipinski definition) is 1. The Bertz CT molecular complexity index is 1450. The highest BCUT2D eigenvalue weighted by Crippen LogP contribution is 2.29. The van der Waals surface area contributed by atoms with Gasteiger partial charge in [0.1, 0.15) is 12.6 Å². The lowest BCUT2D eigenvalue weighted by Crippen LogP contribution is -2.53. The van der Waals surface area contributed by atoms with Crippen LogP contribution in [0.4, 0.5) is 5.69 Å². The summed E-state index contributed by atoms with van der Waals surface area (Å²) >= 11 is 0. The van der Waals surface area contributed by atoms with Gasteiger partial charge in [0, 0.05) is 12.6 Å². The Balaban J connectivity index is 2.10. The van der Waals surface area contributed by atoms with E-state index in [1.807, 2.05) is 78.8 Å². The number of amides is 2. The van der Waals surface area contributed by atoms with Crippen LogP contribution in [0.15, 0.2) is 71.6 Å². The fourth-order valence-corrected chi connectivity index (χ4v) is 6.08. The van der Waals surface area contributed by atoms with E-state index in [9.17, 15) is 18.0 Å². The number of hydrogen-bond acceptors (Lipinski definition) is 4. The Kier molecular flexibility index (Phi) is 10.7. The second-order valence-corrected chi connectivity index (χ2v) is 12.7. The van der Waals surface area contributed by atoms with Crippen molar-refractivity contribution in [2.24, 2.45) is 0 Å². The first kappa shape index (κ1) is 31.9. The van der Waals surface area contributed by atoms with Crippen molar-refractivity contribution >= 4 is 27.5 Å². The molecule has 1 N–H and O–H groups in total. The molecule has 3 rings (SSSR count). The van der Waals surface area contributed by atoms with Crippen LogP contribution < -0.4 is 9.62 Å². The second kappa shape index (κ2) is 13.8. The first-order valence-corrected chi connectivity index (χ1v) is 15.6. The fourth-order valence-electron chi connectivity index (χ4n) is 4.61. The molecule has 0 fully saturated rings. The van der Waals surface area contributed by atoms with Crippen molar-refractivity contribution in [3.8, 4) is 0 Å². The Hall–Kier alpha value is -3.65. The highest BCUT2D eigenvalue weighted by molar-refractivity contribution is 7.92. The average molecular weight is 578 g/mol. The van der Waals surface area contributed by atoms with Gasteiger partial charge in [-0.05, 0) is 82.3 Å². The number of carbonyl (C=O) groups is 2. The molecule has 2 amide bonds. The van der Waals surface area contributed by atoms with Crippen LogP contribution in [0.2, 0.25) is 0 Å². The van der Waals surface area contributed by atoms with Gasteiger partial charge in [0.05, 0.1) is 10.6 Å². The number of carbonyl (C=O) groups excluding carboxylic acids is 2. The highest BCUT2D eigenvalue weighted by atomic mass is 32.2. The van der Waals surface area contributed by atoms with Crippen molar-refractivity contribution < 1.29 is 18.0 Å². The Labute approximate surface area is 245 Å². The van der Waals surface area contributed by atoms with Crippen molar-refractivity contribution in [1.29, 1.82) is 0 Å². The van der Waals surface area contributed by atoms with Gasteiger partial charge in [-0.25, -0.2) is 8.42 Å². The molecule has 3 aromatic rings. The number of aryl methyl sites for hydroxylation is 3. The van der Waals surface area contributed by atoms with Gasteiger partial charge in [-0.1, -0.05) is 73.5 Å². The summed E-state index contributed by atoms with van der Waals surface area (Å²) in [5.74, 6) is -0.699. The average Bonchev–Trinajstić information content (AvgIpc) is 2.94. The minimum Gasteiger partial charge on any atom is -0.352 e. The van der Waals surface area contributed by atoms with Crippen molar-refractivity contribution in [2.75, 3.05) is 10.8 Å².